The Kier molecular flexibility index (Phi) is 4.67. The van der Waals surface area contributed by atoms with Gasteiger partial charge in [0.05, 0.1) is 11.0 Å². The molecular formula is C14H22N2O3S. The SMILES string of the molecule is CCC1OCCC1CNS(=O)(=O)c1cc(N)ccc1C. The molecule has 0 bridgehead atoms. The van der Waals surface area contributed by atoms with Gasteiger partial charge in [0.2, 0.25) is 10.0 Å². The zero-order valence-corrected chi connectivity index (χ0v) is 12.7. The molecule has 1 aromatic carbocycles. The summed E-state index contributed by atoms with van der Waals surface area (Å²) in [6.07, 6.45) is 1.96. The maximum absolute atomic E-state index is 12.3. The third-order valence-corrected chi connectivity index (χ3v) is 5.35. The van der Waals surface area contributed by atoms with Crippen LogP contribution >= 0.6 is 0 Å². The van der Waals surface area contributed by atoms with Crippen molar-refractivity contribution in [2.75, 3.05) is 18.9 Å². The van der Waals surface area contributed by atoms with Crippen molar-refractivity contribution < 1.29 is 13.2 Å². The minimum Gasteiger partial charge on any atom is -0.399 e. The fourth-order valence-corrected chi connectivity index (χ4v) is 3.95. The van der Waals surface area contributed by atoms with Crippen LogP contribution in [0.2, 0.25) is 0 Å². The summed E-state index contributed by atoms with van der Waals surface area (Å²) in [6.45, 7) is 4.94. The Morgan fingerprint density at radius 3 is 2.90 bits per heavy atom. The van der Waals surface area contributed by atoms with Gasteiger partial charge in [-0.25, -0.2) is 13.1 Å². The molecule has 1 aliphatic heterocycles. The van der Waals surface area contributed by atoms with Crippen molar-refractivity contribution in [2.45, 2.75) is 37.7 Å². The van der Waals surface area contributed by atoms with Crippen LogP contribution in [0, 0.1) is 12.8 Å². The van der Waals surface area contributed by atoms with Crippen LogP contribution in [0.3, 0.4) is 0 Å². The van der Waals surface area contributed by atoms with Gasteiger partial charge in [0, 0.05) is 24.8 Å². The number of hydrogen-bond donors (Lipinski definition) is 2. The van der Waals surface area contributed by atoms with Crippen LogP contribution in [0.5, 0.6) is 0 Å². The molecule has 0 aromatic heterocycles. The van der Waals surface area contributed by atoms with Gasteiger partial charge >= 0.3 is 0 Å². The number of nitrogens with two attached hydrogens (primary N) is 1. The van der Waals surface area contributed by atoms with Crippen molar-refractivity contribution in [3.63, 3.8) is 0 Å². The van der Waals surface area contributed by atoms with Crippen molar-refractivity contribution in [3.05, 3.63) is 23.8 Å². The Morgan fingerprint density at radius 2 is 2.20 bits per heavy atom. The maximum Gasteiger partial charge on any atom is 0.240 e. The van der Waals surface area contributed by atoms with Gasteiger partial charge in [0.15, 0.2) is 0 Å². The number of sulfonamides is 1. The first kappa shape index (κ1) is 15.3. The van der Waals surface area contributed by atoms with E-state index in [1.807, 2.05) is 0 Å². The summed E-state index contributed by atoms with van der Waals surface area (Å²) in [5, 5.41) is 0. The van der Waals surface area contributed by atoms with Crippen molar-refractivity contribution in [2.24, 2.45) is 5.92 Å². The molecule has 6 heteroatoms. The number of benzene rings is 1. The second kappa shape index (κ2) is 6.11. The summed E-state index contributed by atoms with van der Waals surface area (Å²) in [6, 6.07) is 4.92. The predicted molar refractivity (Wildman–Crippen MR) is 78.9 cm³/mol. The van der Waals surface area contributed by atoms with Gasteiger partial charge in [0.1, 0.15) is 0 Å². The van der Waals surface area contributed by atoms with Crippen LogP contribution < -0.4 is 10.5 Å². The minimum absolute atomic E-state index is 0.152. The second-order valence-corrected chi connectivity index (χ2v) is 6.98. The van der Waals surface area contributed by atoms with Gasteiger partial charge in [-0.2, -0.15) is 0 Å². The summed E-state index contributed by atoms with van der Waals surface area (Å²) in [5.41, 5.74) is 6.82. The molecule has 0 radical (unpaired) electrons. The van der Waals surface area contributed by atoms with E-state index in [9.17, 15) is 8.42 Å². The number of nitrogen functional groups attached to an aromatic ring is 1. The average Bonchev–Trinajstić information content (AvgIpc) is 2.86. The van der Waals surface area contributed by atoms with Crippen molar-refractivity contribution in [1.82, 2.24) is 4.72 Å². The highest BCUT2D eigenvalue weighted by Gasteiger charge is 2.28. The number of hydrogen-bond acceptors (Lipinski definition) is 4. The Balaban J connectivity index is 2.09. The van der Waals surface area contributed by atoms with E-state index in [1.165, 1.54) is 6.07 Å². The third-order valence-electron chi connectivity index (χ3n) is 3.79. The number of ether oxygens (including phenoxy) is 1. The Morgan fingerprint density at radius 1 is 1.45 bits per heavy atom. The number of rotatable bonds is 5. The highest BCUT2D eigenvalue weighted by Crippen LogP contribution is 2.24. The monoisotopic (exact) mass is 298 g/mol. The van der Waals surface area contributed by atoms with Crippen molar-refractivity contribution >= 4 is 15.7 Å². The van der Waals surface area contributed by atoms with Crippen LogP contribution in [0.4, 0.5) is 5.69 Å². The molecule has 0 aliphatic carbocycles. The summed E-state index contributed by atoms with van der Waals surface area (Å²) < 4.78 is 33.0. The molecule has 5 nitrogen and oxygen atoms in total. The van der Waals surface area contributed by atoms with Crippen LogP contribution in [-0.2, 0) is 14.8 Å². The lowest BCUT2D eigenvalue weighted by molar-refractivity contribution is 0.0884. The Hall–Kier alpha value is -1.11. The number of anilines is 1. The summed E-state index contributed by atoms with van der Waals surface area (Å²) in [4.78, 5) is 0.254. The van der Waals surface area contributed by atoms with Crippen LogP contribution in [0.1, 0.15) is 25.3 Å². The molecule has 1 saturated heterocycles. The summed E-state index contributed by atoms with van der Waals surface area (Å²) in [5.74, 6) is 0.246. The smallest absolute Gasteiger partial charge is 0.240 e. The van der Waals surface area contributed by atoms with Crippen LogP contribution in [-0.4, -0.2) is 27.7 Å². The summed E-state index contributed by atoms with van der Waals surface area (Å²) >= 11 is 0. The molecule has 3 N–H and O–H groups in total. The van der Waals surface area contributed by atoms with E-state index in [1.54, 1.807) is 19.1 Å². The molecule has 2 unspecified atom stereocenters. The zero-order valence-electron chi connectivity index (χ0n) is 11.9. The van der Waals surface area contributed by atoms with E-state index in [-0.39, 0.29) is 16.9 Å². The number of aryl methyl sites for hydroxylation is 1. The molecule has 0 saturated carbocycles. The predicted octanol–water partition coefficient (Wildman–Crippen LogP) is 1.67. The largest absolute Gasteiger partial charge is 0.399 e. The number of nitrogens with one attached hydrogen (secondary N) is 1. The second-order valence-electron chi connectivity index (χ2n) is 5.24. The Bertz CT molecular complexity index is 572. The molecule has 0 amide bonds. The third kappa shape index (κ3) is 3.31. The fraction of sp³-hybridized carbons (Fsp3) is 0.571. The van der Waals surface area contributed by atoms with Gasteiger partial charge in [-0.05, 0) is 37.5 Å². The van der Waals surface area contributed by atoms with Gasteiger partial charge in [0.25, 0.3) is 0 Å². The highest BCUT2D eigenvalue weighted by molar-refractivity contribution is 7.89. The van der Waals surface area contributed by atoms with E-state index >= 15 is 0 Å². The molecule has 1 fully saturated rings. The van der Waals surface area contributed by atoms with Gasteiger partial charge < -0.3 is 10.5 Å². The standard InChI is InChI=1S/C14H22N2O3S/c1-3-13-11(6-7-19-13)9-16-20(17,18)14-8-12(15)5-4-10(14)2/h4-5,8,11,13,16H,3,6-7,9,15H2,1-2H3. The van der Waals surface area contributed by atoms with E-state index in [0.717, 1.165) is 12.8 Å². The first-order valence-corrected chi connectivity index (χ1v) is 8.39. The molecule has 2 rings (SSSR count). The first-order chi connectivity index (χ1) is 9.44. The molecule has 1 aromatic rings. The molecule has 2 atom stereocenters. The highest BCUT2D eigenvalue weighted by atomic mass is 32.2. The molecule has 1 heterocycles. The lowest BCUT2D eigenvalue weighted by Crippen LogP contribution is -2.33. The van der Waals surface area contributed by atoms with Crippen molar-refractivity contribution in [3.8, 4) is 0 Å². The van der Waals surface area contributed by atoms with E-state index < -0.39 is 10.0 Å². The molecule has 0 spiro atoms. The van der Waals surface area contributed by atoms with Gasteiger partial charge in [-0.15, -0.1) is 0 Å². The molecule has 112 valence electrons. The normalized spacial score (nSPS) is 23.1. The molecular weight excluding hydrogens is 276 g/mol. The van der Waals surface area contributed by atoms with Crippen LogP contribution in [0.15, 0.2) is 23.1 Å². The van der Waals surface area contributed by atoms with E-state index in [4.69, 9.17) is 10.5 Å². The van der Waals surface area contributed by atoms with Crippen LogP contribution in [0.25, 0.3) is 0 Å². The quantitative estimate of drug-likeness (QED) is 0.810. The first-order valence-electron chi connectivity index (χ1n) is 6.91. The van der Waals surface area contributed by atoms with E-state index in [2.05, 4.69) is 11.6 Å². The maximum atomic E-state index is 12.3. The molecule has 1 aliphatic rings. The zero-order chi connectivity index (χ0) is 14.8. The minimum atomic E-state index is -3.52. The Labute approximate surface area is 120 Å². The molecule has 20 heavy (non-hydrogen) atoms. The van der Waals surface area contributed by atoms with Gasteiger partial charge in [-0.3, -0.25) is 0 Å². The van der Waals surface area contributed by atoms with Gasteiger partial charge in [-0.1, -0.05) is 13.0 Å². The fourth-order valence-electron chi connectivity index (χ4n) is 2.58. The summed E-state index contributed by atoms with van der Waals surface area (Å²) in [7, 11) is -3.52. The van der Waals surface area contributed by atoms with E-state index in [0.29, 0.717) is 24.4 Å². The average molecular weight is 298 g/mol. The topological polar surface area (TPSA) is 81.4 Å². The van der Waals surface area contributed by atoms with Crippen molar-refractivity contribution in [1.29, 1.82) is 0 Å². The lowest BCUT2D eigenvalue weighted by Gasteiger charge is -2.18. The lowest BCUT2D eigenvalue weighted by atomic mass is 10.0.